The third-order valence-electron chi connectivity index (χ3n) is 12.2. The highest BCUT2D eigenvalue weighted by molar-refractivity contribution is 4.81. The van der Waals surface area contributed by atoms with Gasteiger partial charge in [-0.3, -0.25) is 0 Å². The van der Waals surface area contributed by atoms with Crippen molar-refractivity contribution < 1.29 is 0 Å². The topological polar surface area (TPSA) is 13.0 Å². The van der Waals surface area contributed by atoms with Crippen LogP contribution in [-0.2, 0) is 0 Å². The quantitative estimate of drug-likeness (QED) is 0.162. The van der Waals surface area contributed by atoms with Gasteiger partial charge in [-0.2, -0.15) is 0 Å². The van der Waals surface area contributed by atoms with E-state index in [1.165, 1.54) is 162 Å². The normalized spacial score (nSPS) is 22.6. The Morgan fingerprint density at radius 1 is 0.404 bits per heavy atom. The van der Waals surface area contributed by atoms with Gasteiger partial charge in [0.1, 0.15) is 0 Å². The highest BCUT2D eigenvalue weighted by Gasteiger charge is 2.27. The van der Waals surface area contributed by atoms with Crippen LogP contribution in [0, 0.1) is 35.5 Å². The van der Waals surface area contributed by atoms with E-state index in [1.807, 2.05) is 13.8 Å². The summed E-state index contributed by atoms with van der Waals surface area (Å²) in [5.41, 5.74) is 0. The van der Waals surface area contributed by atoms with E-state index < -0.39 is 0 Å². The molecule has 0 N–H and O–H groups in total. The van der Waals surface area contributed by atoms with E-state index in [0.717, 1.165) is 47.6 Å². The van der Waals surface area contributed by atoms with Gasteiger partial charge in [0, 0.05) is 25.2 Å². The Hall–Kier alpha value is -0.160. The summed E-state index contributed by atoms with van der Waals surface area (Å²) in [6.07, 6.45) is 21.7. The molecule has 0 spiro atoms. The number of likely N-dealkylation sites (tertiary alicyclic amines) is 4. The van der Waals surface area contributed by atoms with E-state index in [9.17, 15) is 0 Å². The van der Waals surface area contributed by atoms with Gasteiger partial charge in [-0.1, -0.05) is 86.5 Å². The minimum absolute atomic E-state index is 0.738. The van der Waals surface area contributed by atoms with E-state index in [2.05, 4.69) is 75.0 Å². The molecule has 0 saturated carbocycles. The molecule has 4 heterocycles. The van der Waals surface area contributed by atoms with Gasteiger partial charge in [-0.05, 0) is 167 Å². The fourth-order valence-electron chi connectivity index (χ4n) is 8.75. The van der Waals surface area contributed by atoms with Gasteiger partial charge in [0.25, 0.3) is 0 Å². The summed E-state index contributed by atoms with van der Waals surface area (Å²) < 4.78 is 0. The number of rotatable bonds is 15. The minimum atomic E-state index is 0.738. The van der Waals surface area contributed by atoms with Crippen LogP contribution in [-0.4, -0.2) is 97.1 Å². The second-order valence-corrected chi connectivity index (χ2v) is 17.6. The Balaban J connectivity index is 0.000000311. The molecule has 0 bridgehead atoms. The molecule has 4 fully saturated rings. The Morgan fingerprint density at radius 2 is 0.723 bits per heavy atom. The van der Waals surface area contributed by atoms with Crippen molar-refractivity contribution in [1.82, 2.24) is 19.6 Å². The fraction of sp³-hybridized carbons (Fsp3) is 1.00. The van der Waals surface area contributed by atoms with Crippen molar-refractivity contribution in [3.63, 3.8) is 0 Å². The maximum atomic E-state index is 2.78. The summed E-state index contributed by atoms with van der Waals surface area (Å²) in [6, 6.07) is 1.48. The molecule has 0 aliphatic carbocycles. The lowest BCUT2D eigenvalue weighted by atomic mass is 9.89. The zero-order chi connectivity index (χ0) is 34.6. The largest absolute Gasteiger partial charge is 0.303 e. The molecular formula is C43H88N4. The lowest BCUT2D eigenvalue weighted by Gasteiger charge is -2.39. The molecule has 4 aliphatic rings. The predicted molar refractivity (Wildman–Crippen MR) is 211 cm³/mol. The van der Waals surface area contributed by atoms with Crippen LogP contribution in [0.25, 0.3) is 0 Å². The number of hydrogen-bond donors (Lipinski definition) is 0. The Kier molecular flexibility index (Phi) is 22.8. The van der Waals surface area contributed by atoms with Crippen molar-refractivity contribution in [3.05, 3.63) is 0 Å². The van der Waals surface area contributed by atoms with Crippen molar-refractivity contribution in [1.29, 1.82) is 0 Å². The molecule has 0 amide bonds. The van der Waals surface area contributed by atoms with Gasteiger partial charge in [0.2, 0.25) is 0 Å². The molecule has 0 unspecified atom stereocenters. The van der Waals surface area contributed by atoms with Crippen molar-refractivity contribution >= 4 is 0 Å². The summed E-state index contributed by atoms with van der Waals surface area (Å²) in [4.78, 5) is 10.9. The summed E-state index contributed by atoms with van der Waals surface area (Å²) in [6.45, 7) is 36.3. The standard InChI is InChI=1S/C21H42N2.C20H40N2.C2H6/c1-18(2)7-5-6-8-20-9-13-22(14-10-20)17-21-11-15-23(16-12-21)19(3)4;1-17(2)6-5-7-19-8-12-21(13-9-19)16-20-10-14-22(15-11-20)18(3)4;1-2/h18-21H,5-17H2,1-4H3;17-20H,5-16H2,1-4H3;1-2H3. The first kappa shape index (κ1) is 43.0. The van der Waals surface area contributed by atoms with E-state index in [-0.39, 0.29) is 0 Å². The van der Waals surface area contributed by atoms with E-state index in [0.29, 0.717) is 0 Å². The van der Waals surface area contributed by atoms with Crippen molar-refractivity contribution in [2.75, 3.05) is 65.4 Å². The highest BCUT2D eigenvalue weighted by atomic mass is 15.2. The molecule has 4 rings (SSSR count). The zero-order valence-corrected chi connectivity index (χ0v) is 34.1. The van der Waals surface area contributed by atoms with Crippen LogP contribution in [0.2, 0.25) is 0 Å². The molecule has 4 saturated heterocycles. The third kappa shape index (κ3) is 18.6. The van der Waals surface area contributed by atoms with Gasteiger partial charge in [-0.25, -0.2) is 0 Å². The van der Waals surface area contributed by atoms with E-state index in [1.54, 1.807) is 0 Å². The number of unbranched alkanes of at least 4 members (excludes halogenated alkanes) is 1. The smallest absolute Gasteiger partial charge is 0.00385 e. The molecule has 0 aromatic carbocycles. The zero-order valence-electron chi connectivity index (χ0n) is 34.1. The molecule has 280 valence electrons. The van der Waals surface area contributed by atoms with Crippen LogP contribution >= 0.6 is 0 Å². The fourth-order valence-corrected chi connectivity index (χ4v) is 8.75. The molecule has 0 aromatic heterocycles. The van der Waals surface area contributed by atoms with Crippen molar-refractivity contribution in [2.24, 2.45) is 35.5 Å². The van der Waals surface area contributed by atoms with Crippen LogP contribution < -0.4 is 0 Å². The van der Waals surface area contributed by atoms with Crippen molar-refractivity contribution in [2.45, 2.75) is 178 Å². The molecule has 0 aromatic rings. The third-order valence-corrected chi connectivity index (χ3v) is 12.2. The predicted octanol–water partition coefficient (Wildman–Crippen LogP) is 10.7. The second kappa shape index (κ2) is 24.9. The van der Waals surface area contributed by atoms with Crippen LogP contribution in [0.5, 0.6) is 0 Å². The number of piperidine rings is 4. The van der Waals surface area contributed by atoms with Crippen LogP contribution in [0.15, 0.2) is 0 Å². The van der Waals surface area contributed by atoms with Crippen LogP contribution in [0.1, 0.15) is 166 Å². The summed E-state index contributed by atoms with van der Waals surface area (Å²) in [7, 11) is 0. The summed E-state index contributed by atoms with van der Waals surface area (Å²) >= 11 is 0. The molecule has 0 atom stereocenters. The Labute approximate surface area is 297 Å². The van der Waals surface area contributed by atoms with Crippen molar-refractivity contribution in [3.8, 4) is 0 Å². The Bertz CT molecular complexity index is 703. The molecule has 47 heavy (non-hydrogen) atoms. The van der Waals surface area contributed by atoms with Gasteiger partial charge < -0.3 is 19.6 Å². The maximum absolute atomic E-state index is 2.78. The summed E-state index contributed by atoms with van der Waals surface area (Å²) in [5.74, 6) is 5.76. The van der Waals surface area contributed by atoms with Crippen LogP contribution in [0.4, 0.5) is 0 Å². The average molecular weight is 661 g/mol. The SMILES string of the molecule is CC.CC(C)CCCC1CCN(CC2CCN(C(C)C)CC2)CC1.CC(C)CCCCC1CCN(CC2CCN(C(C)C)CC2)CC1. The highest BCUT2D eigenvalue weighted by Crippen LogP contribution is 2.28. The van der Waals surface area contributed by atoms with Gasteiger partial charge in [0.05, 0.1) is 0 Å². The number of nitrogens with zero attached hydrogens (tertiary/aromatic N) is 4. The molecular weight excluding hydrogens is 573 g/mol. The first-order valence-corrected chi connectivity index (χ1v) is 21.5. The molecule has 4 nitrogen and oxygen atoms in total. The lowest BCUT2D eigenvalue weighted by molar-refractivity contribution is 0.102. The second-order valence-electron chi connectivity index (χ2n) is 17.6. The monoisotopic (exact) mass is 661 g/mol. The first-order valence-electron chi connectivity index (χ1n) is 21.5. The average Bonchev–Trinajstić information content (AvgIpc) is 3.06. The van der Waals surface area contributed by atoms with E-state index >= 15 is 0 Å². The van der Waals surface area contributed by atoms with Crippen LogP contribution in [0.3, 0.4) is 0 Å². The molecule has 4 heteroatoms. The van der Waals surface area contributed by atoms with E-state index in [4.69, 9.17) is 0 Å². The lowest BCUT2D eigenvalue weighted by Crippen LogP contribution is -2.43. The Morgan fingerprint density at radius 3 is 1.06 bits per heavy atom. The maximum Gasteiger partial charge on any atom is 0.00385 e. The molecule has 0 radical (unpaired) electrons. The summed E-state index contributed by atoms with van der Waals surface area (Å²) in [5, 5.41) is 0. The van der Waals surface area contributed by atoms with Gasteiger partial charge in [-0.15, -0.1) is 0 Å². The molecule has 4 aliphatic heterocycles. The number of hydrogen-bond acceptors (Lipinski definition) is 4. The minimum Gasteiger partial charge on any atom is -0.303 e. The van der Waals surface area contributed by atoms with Gasteiger partial charge in [0.15, 0.2) is 0 Å². The first-order chi connectivity index (χ1) is 22.6. The van der Waals surface area contributed by atoms with Gasteiger partial charge >= 0.3 is 0 Å².